The van der Waals surface area contributed by atoms with Crippen LogP contribution in [0.25, 0.3) is 11.2 Å². The molecule has 3 aromatic rings. The molecule has 1 fully saturated rings. The molecule has 0 aliphatic carbocycles. The summed E-state index contributed by atoms with van der Waals surface area (Å²) in [4.78, 5) is 14.0. The van der Waals surface area contributed by atoms with Gasteiger partial charge in [-0.3, -0.25) is 4.90 Å². The van der Waals surface area contributed by atoms with Crippen molar-refractivity contribution in [2.75, 3.05) is 25.4 Å². The minimum Gasteiger partial charge on any atom is -0.382 e. The van der Waals surface area contributed by atoms with Gasteiger partial charge in [0.25, 0.3) is 5.92 Å². The summed E-state index contributed by atoms with van der Waals surface area (Å²) < 4.78 is 43.8. The van der Waals surface area contributed by atoms with Crippen LogP contribution in [0.15, 0.2) is 36.9 Å². The summed E-state index contributed by atoms with van der Waals surface area (Å²) in [5.74, 6) is -3.28. The Morgan fingerprint density at radius 2 is 1.92 bits per heavy atom. The van der Waals surface area contributed by atoms with E-state index in [0.29, 0.717) is 36.5 Å². The molecule has 1 aliphatic rings. The van der Waals surface area contributed by atoms with Crippen LogP contribution in [0, 0.1) is 5.82 Å². The van der Waals surface area contributed by atoms with Gasteiger partial charge in [-0.1, -0.05) is 12.1 Å². The van der Waals surface area contributed by atoms with Crippen molar-refractivity contribution in [3.63, 3.8) is 0 Å². The van der Waals surface area contributed by atoms with Gasteiger partial charge in [0, 0.05) is 18.7 Å². The topological polar surface area (TPSA) is 72.9 Å². The predicted octanol–water partition coefficient (Wildman–Crippen LogP) is 2.59. The molecule has 1 atom stereocenters. The first-order valence-corrected chi connectivity index (χ1v) is 8.23. The van der Waals surface area contributed by atoms with E-state index in [9.17, 15) is 13.2 Å². The zero-order valence-electron chi connectivity index (χ0n) is 13.8. The van der Waals surface area contributed by atoms with Gasteiger partial charge in [0.15, 0.2) is 11.5 Å². The molecule has 2 aromatic heterocycles. The van der Waals surface area contributed by atoms with Crippen LogP contribution in [-0.2, 0) is 5.92 Å². The average Bonchev–Trinajstić information content (AvgIpc) is 3.22. The highest BCUT2D eigenvalue weighted by Gasteiger charge is 2.37. The first kappa shape index (κ1) is 16.8. The SMILES string of the molecule is Nc1ncnc2c1ncn2C1CCN(CC(F)(F)c2ccc(F)cc2)C1. The average molecular weight is 362 g/mol. The maximum atomic E-state index is 14.5. The van der Waals surface area contributed by atoms with Crippen LogP contribution >= 0.6 is 0 Å². The Morgan fingerprint density at radius 3 is 2.69 bits per heavy atom. The lowest BCUT2D eigenvalue weighted by Crippen LogP contribution is -2.34. The molecule has 0 radical (unpaired) electrons. The number of nitrogen functional groups attached to an aromatic ring is 1. The fraction of sp³-hybridized carbons (Fsp3) is 0.353. The van der Waals surface area contributed by atoms with E-state index in [1.807, 2.05) is 4.57 Å². The molecule has 1 saturated heterocycles. The van der Waals surface area contributed by atoms with Crippen LogP contribution in [0.1, 0.15) is 18.0 Å². The summed E-state index contributed by atoms with van der Waals surface area (Å²) in [6, 6.07) is 4.35. The minimum atomic E-state index is -3.05. The van der Waals surface area contributed by atoms with Crippen molar-refractivity contribution < 1.29 is 13.2 Å². The monoisotopic (exact) mass is 362 g/mol. The highest BCUT2D eigenvalue weighted by Crippen LogP contribution is 2.33. The number of nitrogens with zero attached hydrogens (tertiary/aromatic N) is 5. The van der Waals surface area contributed by atoms with Crippen LogP contribution in [0.2, 0.25) is 0 Å². The Hall–Kier alpha value is -2.68. The van der Waals surface area contributed by atoms with E-state index in [0.717, 1.165) is 24.3 Å². The Balaban J connectivity index is 1.49. The van der Waals surface area contributed by atoms with E-state index in [4.69, 9.17) is 5.73 Å². The van der Waals surface area contributed by atoms with Gasteiger partial charge in [-0.25, -0.2) is 19.3 Å². The standard InChI is InChI=1S/C17H17F3N6/c18-12-3-1-11(2-4-12)17(19,20)8-25-6-5-13(7-25)26-10-24-14-15(21)22-9-23-16(14)26/h1-4,9-10,13H,5-8H2,(H2,21,22,23). The lowest BCUT2D eigenvalue weighted by Gasteiger charge is -2.24. The Kier molecular flexibility index (Phi) is 4.03. The summed E-state index contributed by atoms with van der Waals surface area (Å²) in [5.41, 5.74) is 6.73. The highest BCUT2D eigenvalue weighted by molar-refractivity contribution is 5.81. The van der Waals surface area contributed by atoms with E-state index in [1.165, 1.54) is 6.33 Å². The molecule has 136 valence electrons. The Labute approximate surface area is 147 Å². The molecule has 2 N–H and O–H groups in total. The van der Waals surface area contributed by atoms with Gasteiger partial charge in [-0.2, -0.15) is 8.78 Å². The van der Waals surface area contributed by atoms with Gasteiger partial charge in [0.2, 0.25) is 0 Å². The number of benzene rings is 1. The molecule has 1 aliphatic heterocycles. The number of hydrogen-bond acceptors (Lipinski definition) is 5. The van der Waals surface area contributed by atoms with Crippen molar-refractivity contribution in [1.82, 2.24) is 24.4 Å². The molecule has 26 heavy (non-hydrogen) atoms. The molecule has 0 spiro atoms. The quantitative estimate of drug-likeness (QED) is 0.772. The van der Waals surface area contributed by atoms with Crippen molar-refractivity contribution in [1.29, 1.82) is 0 Å². The maximum absolute atomic E-state index is 14.5. The molecule has 3 heterocycles. The number of imidazole rings is 1. The summed E-state index contributed by atoms with van der Waals surface area (Å²) in [6.07, 6.45) is 3.70. The molecule has 1 unspecified atom stereocenters. The highest BCUT2D eigenvalue weighted by atomic mass is 19.3. The van der Waals surface area contributed by atoms with Crippen LogP contribution < -0.4 is 5.73 Å². The second kappa shape index (κ2) is 6.24. The molecule has 0 amide bonds. The van der Waals surface area contributed by atoms with Crippen molar-refractivity contribution in [2.45, 2.75) is 18.4 Å². The van der Waals surface area contributed by atoms with E-state index < -0.39 is 18.3 Å². The number of fused-ring (bicyclic) bond motifs is 1. The van der Waals surface area contributed by atoms with Gasteiger partial charge >= 0.3 is 0 Å². The van der Waals surface area contributed by atoms with Crippen molar-refractivity contribution in [3.8, 4) is 0 Å². The van der Waals surface area contributed by atoms with Gasteiger partial charge in [0.1, 0.15) is 17.7 Å². The second-order valence-corrected chi connectivity index (χ2v) is 6.47. The lowest BCUT2D eigenvalue weighted by atomic mass is 10.1. The maximum Gasteiger partial charge on any atom is 0.285 e. The van der Waals surface area contributed by atoms with E-state index in [-0.39, 0.29) is 11.6 Å². The van der Waals surface area contributed by atoms with Crippen LogP contribution in [0.3, 0.4) is 0 Å². The summed E-state index contributed by atoms with van der Waals surface area (Å²) in [5, 5.41) is 0. The van der Waals surface area contributed by atoms with E-state index in [1.54, 1.807) is 11.2 Å². The molecule has 0 saturated carbocycles. The third-order valence-electron chi connectivity index (χ3n) is 4.72. The number of nitrogens with two attached hydrogens (primary N) is 1. The normalized spacial score (nSPS) is 18.7. The first-order chi connectivity index (χ1) is 12.4. The number of likely N-dealkylation sites (tertiary alicyclic amines) is 1. The molecule has 0 bridgehead atoms. The summed E-state index contributed by atoms with van der Waals surface area (Å²) >= 11 is 0. The number of hydrogen-bond donors (Lipinski definition) is 1. The van der Waals surface area contributed by atoms with Gasteiger partial charge in [0.05, 0.1) is 18.9 Å². The number of rotatable bonds is 4. The third kappa shape index (κ3) is 2.98. The number of anilines is 1. The Bertz CT molecular complexity index is 924. The summed E-state index contributed by atoms with van der Waals surface area (Å²) in [7, 11) is 0. The van der Waals surface area contributed by atoms with Gasteiger partial charge in [-0.15, -0.1) is 0 Å². The number of halogens is 3. The molecule has 9 heteroatoms. The molecular weight excluding hydrogens is 345 g/mol. The van der Waals surface area contributed by atoms with Crippen molar-refractivity contribution in [3.05, 3.63) is 48.3 Å². The Morgan fingerprint density at radius 1 is 1.15 bits per heavy atom. The van der Waals surface area contributed by atoms with Gasteiger partial charge < -0.3 is 10.3 Å². The van der Waals surface area contributed by atoms with E-state index >= 15 is 0 Å². The molecule has 4 rings (SSSR count). The van der Waals surface area contributed by atoms with Gasteiger partial charge in [-0.05, 0) is 18.6 Å². The van der Waals surface area contributed by atoms with E-state index in [2.05, 4.69) is 15.0 Å². The van der Waals surface area contributed by atoms with Crippen LogP contribution in [0.4, 0.5) is 19.0 Å². The zero-order valence-corrected chi connectivity index (χ0v) is 13.8. The van der Waals surface area contributed by atoms with Crippen molar-refractivity contribution >= 4 is 17.0 Å². The second-order valence-electron chi connectivity index (χ2n) is 6.47. The van der Waals surface area contributed by atoms with Crippen LogP contribution in [-0.4, -0.2) is 44.1 Å². The molecular formula is C17H17F3N6. The summed E-state index contributed by atoms with van der Waals surface area (Å²) in [6.45, 7) is 0.562. The molecule has 1 aromatic carbocycles. The largest absolute Gasteiger partial charge is 0.382 e. The minimum absolute atomic E-state index is 0.0154. The molecule has 6 nitrogen and oxygen atoms in total. The zero-order chi connectivity index (χ0) is 18.3. The number of alkyl halides is 2. The predicted molar refractivity (Wildman–Crippen MR) is 90.1 cm³/mol. The fourth-order valence-electron chi connectivity index (χ4n) is 3.39. The number of aromatic nitrogens is 4. The van der Waals surface area contributed by atoms with Crippen molar-refractivity contribution in [2.24, 2.45) is 0 Å². The first-order valence-electron chi connectivity index (χ1n) is 8.23. The fourth-order valence-corrected chi connectivity index (χ4v) is 3.39. The third-order valence-corrected chi connectivity index (χ3v) is 4.72. The smallest absolute Gasteiger partial charge is 0.285 e. The lowest BCUT2D eigenvalue weighted by molar-refractivity contribution is -0.0334. The van der Waals surface area contributed by atoms with Crippen LogP contribution in [0.5, 0.6) is 0 Å².